The minimum absolute atomic E-state index is 0. The zero-order valence-electron chi connectivity index (χ0n) is 24.5. The number of nitrogens with one attached hydrogen (secondary N) is 1. The predicted molar refractivity (Wildman–Crippen MR) is 171 cm³/mol. The number of nitriles is 1. The third kappa shape index (κ3) is 12.1. The second-order valence-corrected chi connectivity index (χ2v) is 12.0. The Morgan fingerprint density at radius 2 is 1.50 bits per heavy atom. The number of nitrogens with zero attached hydrogens (tertiary/aromatic N) is 3. The number of hydrogen-bond donors (Lipinski definition) is 2. The molecule has 3 rings (SSSR count). The molecule has 0 aliphatic carbocycles. The van der Waals surface area contributed by atoms with Crippen molar-refractivity contribution in [1.82, 2.24) is 15.1 Å². The van der Waals surface area contributed by atoms with Crippen molar-refractivity contribution in [3.05, 3.63) is 54.1 Å². The quantitative estimate of drug-likeness (QED) is 0.255. The third-order valence-electron chi connectivity index (χ3n) is 7.27. The molecule has 1 aliphatic rings. The molecule has 42 heavy (non-hydrogen) atoms. The van der Waals surface area contributed by atoms with E-state index < -0.39 is 16.1 Å². The first-order valence-corrected chi connectivity index (χ1v) is 15.8. The molecule has 3 N–H and O–H groups in total. The molecule has 0 radical (unpaired) electrons. The number of ether oxygens (including phenoxy) is 1. The monoisotopic (exact) mass is 641 g/mol. The topological polar surface area (TPSA) is 129 Å². The number of piperazine rings is 1. The molecule has 9 nitrogen and oxygen atoms in total. The molecule has 2 unspecified atom stereocenters. The maximum absolute atomic E-state index is 13.2. The van der Waals surface area contributed by atoms with Crippen LogP contribution < -0.4 is 15.2 Å². The van der Waals surface area contributed by atoms with Gasteiger partial charge in [-0.05, 0) is 54.8 Å². The second-order valence-electron chi connectivity index (χ2n) is 10.4. The first-order chi connectivity index (χ1) is 19.2. The number of amides is 1. The van der Waals surface area contributed by atoms with Crippen molar-refractivity contribution < 1.29 is 17.9 Å². The molecule has 0 bridgehead atoms. The molecular formula is C30H45Cl2N5O4S. The van der Waals surface area contributed by atoms with Crippen LogP contribution in [-0.4, -0.2) is 62.4 Å². The van der Waals surface area contributed by atoms with Crippen molar-refractivity contribution in [2.24, 2.45) is 5.14 Å². The van der Waals surface area contributed by atoms with Gasteiger partial charge in [0.15, 0.2) is 0 Å². The minimum Gasteiger partial charge on any atom is -0.457 e. The molecule has 1 aliphatic heterocycles. The molecule has 1 heterocycles. The summed E-state index contributed by atoms with van der Waals surface area (Å²) in [5, 5.41) is 17.7. The maximum Gasteiger partial charge on any atom is 0.238 e. The number of unbranched alkanes of at least 4 members (excludes halogenated alkanes) is 3. The standard InChI is InChI=1S/C30H43N5O4S.2ClH/c1-3-5-7-8-25(22-31)33-30(36)29(9-6-4-2)35-20-18-34(19-21-35)23-24-10-12-26(13-11-24)39-27-14-16-28(17-15-27)40(32,37)38;;/h10-17,25,29H,3-9,18-21,23H2,1-2H3,(H,33,36)(H2,32,37,38);2*1H. The Morgan fingerprint density at radius 1 is 0.929 bits per heavy atom. The zero-order valence-corrected chi connectivity index (χ0v) is 27.0. The Bertz CT molecular complexity index is 1220. The minimum atomic E-state index is -3.73. The lowest BCUT2D eigenvalue weighted by molar-refractivity contribution is -0.128. The molecule has 0 aromatic heterocycles. The van der Waals surface area contributed by atoms with Gasteiger partial charge in [-0.1, -0.05) is 58.1 Å². The highest BCUT2D eigenvalue weighted by Gasteiger charge is 2.29. The van der Waals surface area contributed by atoms with Crippen molar-refractivity contribution in [2.45, 2.75) is 82.3 Å². The van der Waals surface area contributed by atoms with Crippen LogP contribution in [0.25, 0.3) is 0 Å². The van der Waals surface area contributed by atoms with Crippen molar-refractivity contribution in [3.63, 3.8) is 0 Å². The normalized spacial score (nSPS) is 15.4. The van der Waals surface area contributed by atoms with Crippen LogP contribution in [0.2, 0.25) is 0 Å². The van der Waals surface area contributed by atoms with Crippen LogP contribution in [0.15, 0.2) is 53.4 Å². The molecule has 2 aromatic rings. The fraction of sp³-hybridized carbons (Fsp3) is 0.533. The zero-order chi connectivity index (χ0) is 29.0. The molecule has 0 spiro atoms. The molecule has 0 saturated carbocycles. The van der Waals surface area contributed by atoms with Gasteiger partial charge in [0.05, 0.1) is 17.0 Å². The van der Waals surface area contributed by atoms with Crippen molar-refractivity contribution >= 4 is 40.7 Å². The van der Waals surface area contributed by atoms with E-state index >= 15 is 0 Å². The first kappa shape index (κ1) is 37.6. The number of rotatable bonds is 15. The fourth-order valence-electron chi connectivity index (χ4n) is 4.90. The lowest BCUT2D eigenvalue weighted by atomic mass is 10.0. The van der Waals surface area contributed by atoms with E-state index in [1.807, 2.05) is 24.3 Å². The average Bonchev–Trinajstić information content (AvgIpc) is 2.94. The summed E-state index contributed by atoms with van der Waals surface area (Å²) >= 11 is 0. The SMILES string of the molecule is CCCCCC(C#N)NC(=O)C(CCCC)N1CCN(Cc2ccc(Oc3ccc(S(N)(=O)=O)cc3)cc2)CC1.Cl.Cl. The highest BCUT2D eigenvalue weighted by Crippen LogP contribution is 2.24. The van der Waals surface area contributed by atoms with Crippen molar-refractivity contribution in [3.8, 4) is 17.6 Å². The average molecular weight is 643 g/mol. The number of carbonyl (C=O) groups is 1. The number of benzene rings is 2. The smallest absolute Gasteiger partial charge is 0.238 e. The van der Waals surface area contributed by atoms with Crippen LogP contribution >= 0.6 is 24.8 Å². The van der Waals surface area contributed by atoms with E-state index in [1.54, 1.807) is 12.1 Å². The summed E-state index contributed by atoms with van der Waals surface area (Å²) in [6.07, 6.45) is 6.64. The maximum atomic E-state index is 13.2. The second kappa shape index (κ2) is 19.0. The van der Waals surface area contributed by atoms with E-state index in [9.17, 15) is 18.5 Å². The first-order valence-electron chi connectivity index (χ1n) is 14.3. The summed E-state index contributed by atoms with van der Waals surface area (Å²) in [7, 11) is -3.73. The molecule has 1 fully saturated rings. The summed E-state index contributed by atoms with van der Waals surface area (Å²) in [6, 6.07) is 15.5. The largest absolute Gasteiger partial charge is 0.457 e. The van der Waals surface area contributed by atoms with Crippen LogP contribution in [0, 0.1) is 11.3 Å². The molecule has 2 aromatic carbocycles. The lowest BCUT2D eigenvalue weighted by Crippen LogP contribution is -2.55. The Labute approximate surface area is 263 Å². The Morgan fingerprint density at radius 3 is 2.02 bits per heavy atom. The van der Waals surface area contributed by atoms with Gasteiger partial charge in [-0.25, -0.2) is 13.6 Å². The summed E-state index contributed by atoms with van der Waals surface area (Å²) < 4.78 is 28.7. The van der Waals surface area contributed by atoms with Gasteiger partial charge in [0, 0.05) is 32.7 Å². The van der Waals surface area contributed by atoms with Gasteiger partial charge in [-0.3, -0.25) is 14.6 Å². The van der Waals surface area contributed by atoms with E-state index in [-0.39, 0.29) is 41.7 Å². The number of primary sulfonamides is 1. The van der Waals surface area contributed by atoms with Gasteiger partial charge in [0.2, 0.25) is 15.9 Å². The van der Waals surface area contributed by atoms with Gasteiger partial charge in [0.1, 0.15) is 17.5 Å². The number of nitrogens with two attached hydrogens (primary N) is 1. The molecule has 1 amide bonds. The highest BCUT2D eigenvalue weighted by molar-refractivity contribution is 7.89. The van der Waals surface area contributed by atoms with Crippen LogP contribution in [0.1, 0.15) is 64.4 Å². The van der Waals surface area contributed by atoms with Gasteiger partial charge < -0.3 is 10.1 Å². The molecule has 234 valence electrons. The Kier molecular flexibility index (Phi) is 17.0. The summed E-state index contributed by atoms with van der Waals surface area (Å²) in [6.45, 7) is 8.42. The number of hydrogen-bond acceptors (Lipinski definition) is 7. The van der Waals surface area contributed by atoms with Crippen molar-refractivity contribution in [2.75, 3.05) is 26.2 Å². The lowest BCUT2D eigenvalue weighted by Gasteiger charge is -2.39. The van der Waals surface area contributed by atoms with Crippen LogP contribution in [0.5, 0.6) is 11.5 Å². The third-order valence-corrected chi connectivity index (χ3v) is 8.20. The molecule has 12 heteroatoms. The van der Waals surface area contributed by atoms with Crippen LogP contribution in [-0.2, 0) is 21.4 Å². The highest BCUT2D eigenvalue weighted by atomic mass is 35.5. The number of sulfonamides is 1. The van der Waals surface area contributed by atoms with Gasteiger partial charge in [-0.15, -0.1) is 24.8 Å². The van der Waals surface area contributed by atoms with E-state index in [0.29, 0.717) is 17.9 Å². The van der Waals surface area contributed by atoms with Crippen molar-refractivity contribution in [1.29, 1.82) is 5.26 Å². The van der Waals surface area contributed by atoms with Gasteiger partial charge in [-0.2, -0.15) is 5.26 Å². The van der Waals surface area contributed by atoms with E-state index in [4.69, 9.17) is 9.88 Å². The van der Waals surface area contributed by atoms with E-state index in [1.165, 1.54) is 12.1 Å². The summed E-state index contributed by atoms with van der Waals surface area (Å²) in [5.74, 6) is 1.17. The predicted octanol–water partition coefficient (Wildman–Crippen LogP) is 5.23. The summed E-state index contributed by atoms with van der Waals surface area (Å²) in [5.41, 5.74) is 1.16. The number of carbonyl (C=O) groups excluding carboxylic acids is 1. The Balaban J connectivity index is 0.00000441. The Hall–Kier alpha value is -2.39. The summed E-state index contributed by atoms with van der Waals surface area (Å²) in [4.78, 5) is 17.9. The van der Waals surface area contributed by atoms with Gasteiger partial charge in [0.25, 0.3) is 0 Å². The van der Waals surface area contributed by atoms with Gasteiger partial charge >= 0.3 is 0 Å². The van der Waals surface area contributed by atoms with Crippen LogP contribution in [0.4, 0.5) is 0 Å². The van der Waals surface area contributed by atoms with E-state index in [2.05, 4.69) is 35.0 Å². The molecule has 1 saturated heterocycles. The molecule has 2 atom stereocenters. The molecular weight excluding hydrogens is 597 g/mol. The number of halogens is 2. The van der Waals surface area contributed by atoms with Crippen LogP contribution in [0.3, 0.4) is 0 Å². The fourth-order valence-corrected chi connectivity index (χ4v) is 5.42. The van der Waals surface area contributed by atoms with E-state index in [0.717, 1.165) is 76.8 Å².